The smallest absolute Gasteiger partial charge is 0.280 e. The van der Waals surface area contributed by atoms with E-state index in [1.807, 2.05) is 49.4 Å². The van der Waals surface area contributed by atoms with Gasteiger partial charge in [-0.1, -0.05) is 41.4 Å². The Labute approximate surface area is 231 Å². The van der Waals surface area contributed by atoms with Gasteiger partial charge in [-0.05, 0) is 54.4 Å². The van der Waals surface area contributed by atoms with Gasteiger partial charge in [-0.3, -0.25) is 15.0 Å². The predicted octanol–water partition coefficient (Wildman–Crippen LogP) is 5.65. The van der Waals surface area contributed by atoms with Gasteiger partial charge in [-0.2, -0.15) is 0 Å². The molecule has 0 aromatic heterocycles. The maximum absolute atomic E-state index is 11.9. The maximum Gasteiger partial charge on any atom is 0.280 e. The van der Waals surface area contributed by atoms with Crippen LogP contribution in [0.3, 0.4) is 0 Å². The summed E-state index contributed by atoms with van der Waals surface area (Å²) in [5.74, 6) is 0.451. The zero-order chi connectivity index (χ0) is 26.7. The van der Waals surface area contributed by atoms with Gasteiger partial charge in [0.15, 0.2) is 0 Å². The minimum absolute atomic E-state index is 0.0155. The van der Waals surface area contributed by atoms with Gasteiger partial charge in [-0.25, -0.2) is 0 Å². The molecule has 2 N–H and O–H groups in total. The van der Waals surface area contributed by atoms with Crippen molar-refractivity contribution >= 4 is 34.6 Å². The zero-order valence-electron chi connectivity index (χ0n) is 21.0. The molecule has 0 aliphatic carbocycles. The number of nitro groups is 1. The van der Waals surface area contributed by atoms with Crippen LogP contribution < -0.4 is 20.3 Å². The fourth-order valence-electron chi connectivity index (χ4n) is 4.71. The van der Waals surface area contributed by atoms with Crippen LogP contribution in [0.25, 0.3) is 11.1 Å². The lowest BCUT2D eigenvalue weighted by atomic mass is 10.0. The van der Waals surface area contributed by atoms with Crippen molar-refractivity contribution in [2.24, 2.45) is 0 Å². The van der Waals surface area contributed by atoms with Gasteiger partial charge < -0.3 is 20.3 Å². The van der Waals surface area contributed by atoms with E-state index < -0.39 is 5.66 Å². The van der Waals surface area contributed by atoms with E-state index in [0.29, 0.717) is 28.0 Å². The molecule has 1 fully saturated rings. The highest BCUT2D eigenvalue weighted by molar-refractivity contribution is 6.42. The Hall–Kier alpha value is -3.46. The van der Waals surface area contributed by atoms with Crippen LogP contribution in [-0.2, 0) is 6.54 Å². The second-order valence-corrected chi connectivity index (χ2v) is 10.6. The summed E-state index contributed by atoms with van der Waals surface area (Å²) < 4.78 is 5.84. The van der Waals surface area contributed by atoms with Crippen LogP contribution in [-0.4, -0.2) is 48.3 Å². The lowest BCUT2D eigenvalue weighted by Crippen LogP contribution is -2.50. The quantitative estimate of drug-likeness (QED) is 0.275. The Morgan fingerprint density at radius 1 is 0.947 bits per heavy atom. The van der Waals surface area contributed by atoms with E-state index in [1.165, 1.54) is 6.07 Å². The SMILES string of the molecule is CC1(COc2ccc(-c3ccc(N4CCN(Cc5ccc(Cl)c(Cl)c5)CC4)cc3)c([N+](=O)[O-])c2)NC=CN1. The molecule has 0 bridgehead atoms. The third-order valence-electron chi connectivity index (χ3n) is 6.89. The summed E-state index contributed by atoms with van der Waals surface area (Å²) in [4.78, 5) is 16.2. The molecule has 1 saturated heterocycles. The number of halogens is 2. The maximum atomic E-state index is 11.9. The Bertz CT molecular complexity index is 1330. The van der Waals surface area contributed by atoms with E-state index in [9.17, 15) is 10.1 Å². The van der Waals surface area contributed by atoms with Crippen molar-refractivity contribution in [3.8, 4) is 16.9 Å². The fourth-order valence-corrected chi connectivity index (χ4v) is 5.03. The molecule has 5 rings (SSSR count). The van der Waals surface area contributed by atoms with Crippen LogP contribution in [0.1, 0.15) is 12.5 Å². The molecule has 38 heavy (non-hydrogen) atoms. The van der Waals surface area contributed by atoms with E-state index in [2.05, 4.69) is 20.4 Å². The summed E-state index contributed by atoms with van der Waals surface area (Å²) in [5, 5.41) is 19.3. The number of rotatable bonds is 8. The van der Waals surface area contributed by atoms with Crippen LogP contribution in [0.15, 0.2) is 73.1 Å². The molecule has 3 aromatic rings. The molecule has 0 radical (unpaired) electrons. The van der Waals surface area contributed by atoms with Gasteiger partial charge >= 0.3 is 0 Å². The average molecular weight is 554 g/mol. The number of nitrogens with one attached hydrogen (secondary N) is 2. The third kappa shape index (κ3) is 5.99. The summed E-state index contributed by atoms with van der Waals surface area (Å²) in [5.41, 5.74) is 3.17. The first-order valence-electron chi connectivity index (χ1n) is 12.4. The molecule has 10 heteroatoms. The minimum Gasteiger partial charge on any atom is -0.489 e. The van der Waals surface area contributed by atoms with E-state index in [-0.39, 0.29) is 10.6 Å². The third-order valence-corrected chi connectivity index (χ3v) is 7.63. The Kier molecular flexibility index (Phi) is 7.65. The monoisotopic (exact) mass is 553 g/mol. The molecule has 198 valence electrons. The van der Waals surface area contributed by atoms with Crippen LogP contribution >= 0.6 is 23.2 Å². The van der Waals surface area contributed by atoms with E-state index in [4.69, 9.17) is 27.9 Å². The van der Waals surface area contributed by atoms with Gasteiger partial charge in [0.05, 0.1) is 26.6 Å². The molecular weight excluding hydrogens is 525 g/mol. The molecule has 8 nitrogen and oxygen atoms in total. The molecular formula is C28H29Cl2N5O3. The van der Waals surface area contributed by atoms with Crippen LogP contribution in [0.4, 0.5) is 11.4 Å². The number of nitrogens with zero attached hydrogens (tertiary/aromatic N) is 3. The molecule has 2 heterocycles. The van der Waals surface area contributed by atoms with Crippen molar-refractivity contribution in [2.75, 3.05) is 37.7 Å². The Balaban J connectivity index is 1.21. The van der Waals surface area contributed by atoms with Crippen molar-refractivity contribution in [3.63, 3.8) is 0 Å². The number of anilines is 1. The highest BCUT2D eigenvalue weighted by atomic mass is 35.5. The number of piperazine rings is 1. The molecule has 0 amide bonds. The van der Waals surface area contributed by atoms with Gasteiger partial charge in [0, 0.05) is 50.8 Å². The number of hydrogen-bond acceptors (Lipinski definition) is 7. The predicted molar refractivity (Wildman–Crippen MR) is 152 cm³/mol. The number of benzene rings is 3. The number of hydrogen-bond donors (Lipinski definition) is 2. The van der Waals surface area contributed by atoms with Gasteiger partial charge in [0.2, 0.25) is 0 Å². The van der Waals surface area contributed by atoms with E-state index >= 15 is 0 Å². The highest BCUT2D eigenvalue weighted by Gasteiger charge is 2.26. The van der Waals surface area contributed by atoms with Gasteiger partial charge in [0.25, 0.3) is 5.69 Å². The van der Waals surface area contributed by atoms with Crippen LogP contribution in [0, 0.1) is 10.1 Å². The fraction of sp³-hybridized carbons (Fsp3) is 0.286. The Morgan fingerprint density at radius 2 is 1.66 bits per heavy atom. The van der Waals surface area contributed by atoms with Crippen molar-refractivity contribution < 1.29 is 9.66 Å². The molecule has 0 unspecified atom stereocenters. The first-order chi connectivity index (χ1) is 18.3. The zero-order valence-corrected chi connectivity index (χ0v) is 22.5. The lowest BCUT2D eigenvalue weighted by molar-refractivity contribution is -0.384. The summed E-state index contributed by atoms with van der Waals surface area (Å²) in [7, 11) is 0. The van der Waals surface area contributed by atoms with Gasteiger partial charge in [0.1, 0.15) is 18.0 Å². The van der Waals surface area contributed by atoms with Crippen molar-refractivity contribution in [1.82, 2.24) is 15.5 Å². The van der Waals surface area contributed by atoms with E-state index in [0.717, 1.165) is 49.5 Å². The molecule has 2 aliphatic heterocycles. The second-order valence-electron chi connectivity index (χ2n) is 9.74. The van der Waals surface area contributed by atoms with Crippen molar-refractivity contribution in [2.45, 2.75) is 19.1 Å². The summed E-state index contributed by atoms with van der Waals surface area (Å²) in [6.45, 7) is 6.73. The highest BCUT2D eigenvalue weighted by Crippen LogP contribution is 2.34. The topological polar surface area (TPSA) is 82.9 Å². The van der Waals surface area contributed by atoms with E-state index in [1.54, 1.807) is 24.5 Å². The standard InChI is InChI=1S/C28H29Cl2N5O3/c1-28(31-10-11-32-28)19-38-23-7-8-24(27(17-23)35(36)37)21-3-5-22(6-4-21)34-14-12-33(13-15-34)18-20-2-9-25(29)26(30)16-20/h2-11,16-17,31-32H,12-15,18-19H2,1H3. The lowest BCUT2D eigenvalue weighted by Gasteiger charge is -2.36. The average Bonchev–Trinajstić information content (AvgIpc) is 3.36. The summed E-state index contributed by atoms with van der Waals surface area (Å²) in [6.07, 6.45) is 3.60. The summed E-state index contributed by atoms with van der Waals surface area (Å²) >= 11 is 12.2. The molecule has 0 spiro atoms. The molecule has 0 atom stereocenters. The number of ether oxygens (including phenoxy) is 1. The first-order valence-corrected chi connectivity index (χ1v) is 13.2. The van der Waals surface area contributed by atoms with Crippen LogP contribution in [0.5, 0.6) is 5.75 Å². The first kappa shape index (κ1) is 26.2. The van der Waals surface area contributed by atoms with Gasteiger partial charge in [-0.15, -0.1) is 0 Å². The molecule has 2 aliphatic rings. The normalized spacial score (nSPS) is 16.7. The summed E-state index contributed by atoms with van der Waals surface area (Å²) in [6, 6.07) is 18.7. The largest absolute Gasteiger partial charge is 0.489 e. The molecule has 3 aromatic carbocycles. The minimum atomic E-state index is -0.446. The second kappa shape index (κ2) is 11.1. The van der Waals surface area contributed by atoms with Crippen molar-refractivity contribution in [1.29, 1.82) is 0 Å². The molecule has 0 saturated carbocycles. The van der Waals surface area contributed by atoms with Crippen molar-refractivity contribution in [3.05, 3.63) is 98.8 Å². The van der Waals surface area contributed by atoms with Crippen LogP contribution in [0.2, 0.25) is 10.0 Å². The number of nitro benzene ring substituents is 1. The Morgan fingerprint density at radius 3 is 2.32 bits per heavy atom.